The number of hydrogen-bond acceptors (Lipinski definition) is 6. The minimum atomic E-state index is -1.96. The van der Waals surface area contributed by atoms with Gasteiger partial charge in [0, 0.05) is 13.8 Å². The molecule has 98 valence electrons. The van der Waals surface area contributed by atoms with Crippen molar-refractivity contribution in [1.82, 2.24) is 0 Å². The number of ether oxygens (including phenoxy) is 3. The molecule has 1 N–H and O–H groups in total. The molecule has 0 aliphatic carbocycles. The molecule has 0 aromatic carbocycles. The number of aliphatic hydroxyl groups is 1. The van der Waals surface area contributed by atoms with E-state index in [4.69, 9.17) is 14.2 Å². The lowest BCUT2D eigenvalue weighted by atomic mass is 10.0. The Labute approximate surface area is 97.6 Å². The zero-order chi connectivity index (χ0) is 13.2. The van der Waals surface area contributed by atoms with Gasteiger partial charge in [0.15, 0.2) is 24.7 Å². The van der Waals surface area contributed by atoms with Crippen LogP contribution >= 0.6 is 0 Å². The van der Waals surface area contributed by atoms with Gasteiger partial charge in [-0.05, 0) is 6.92 Å². The molecule has 1 aliphatic rings. The summed E-state index contributed by atoms with van der Waals surface area (Å²) in [6.07, 6.45) is -6.88. The van der Waals surface area contributed by atoms with Gasteiger partial charge in [0.2, 0.25) is 0 Å². The fourth-order valence-electron chi connectivity index (χ4n) is 1.66. The monoisotopic (exact) mass is 250 g/mol. The van der Waals surface area contributed by atoms with Gasteiger partial charge >= 0.3 is 11.9 Å². The van der Waals surface area contributed by atoms with Crippen molar-refractivity contribution in [2.75, 3.05) is 0 Å². The van der Waals surface area contributed by atoms with Gasteiger partial charge in [-0.3, -0.25) is 9.59 Å². The highest BCUT2D eigenvalue weighted by Gasteiger charge is 2.48. The SMILES string of the molecule is CC(=O)O[C@H]1[C@H](F)[C@@H](O)O[C@@H](C)[C@H]1OC(C)=O. The van der Waals surface area contributed by atoms with E-state index in [0.717, 1.165) is 13.8 Å². The predicted molar refractivity (Wildman–Crippen MR) is 52.6 cm³/mol. The van der Waals surface area contributed by atoms with Crippen LogP contribution in [0.2, 0.25) is 0 Å². The Bertz CT molecular complexity index is 307. The minimum Gasteiger partial charge on any atom is -0.456 e. The average molecular weight is 250 g/mol. The van der Waals surface area contributed by atoms with Gasteiger partial charge in [0.05, 0.1) is 6.10 Å². The second-order valence-electron chi connectivity index (χ2n) is 3.82. The molecule has 7 heteroatoms. The predicted octanol–water partition coefficient (Wildman–Crippen LogP) is -0.0750. The van der Waals surface area contributed by atoms with E-state index in [1.807, 2.05) is 0 Å². The van der Waals surface area contributed by atoms with E-state index in [0.29, 0.717) is 0 Å². The van der Waals surface area contributed by atoms with E-state index >= 15 is 0 Å². The molecule has 1 saturated heterocycles. The number of alkyl halides is 1. The fourth-order valence-corrected chi connectivity index (χ4v) is 1.66. The molecule has 5 atom stereocenters. The summed E-state index contributed by atoms with van der Waals surface area (Å²) in [6, 6.07) is 0. The lowest BCUT2D eigenvalue weighted by Gasteiger charge is -2.39. The maximum absolute atomic E-state index is 13.6. The Kier molecular flexibility index (Phi) is 4.41. The Morgan fingerprint density at radius 2 is 1.65 bits per heavy atom. The topological polar surface area (TPSA) is 82.1 Å². The Balaban J connectivity index is 2.86. The van der Waals surface area contributed by atoms with E-state index in [2.05, 4.69) is 0 Å². The molecule has 0 spiro atoms. The summed E-state index contributed by atoms with van der Waals surface area (Å²) in [5.41, 5.74) is 0. The molecule has 0 saturated carbocycles. The van der Waals surface area contributed by atoms with Gasteiger partial charge in [-0.15, -0.1) is 0 Å². The fraction of sp³-hybridized carbons (Fsp3) is 0.800. The van der Waals surface area contributed by atoms with Gasteiger partial charge in [-0.25, -0.2) is 4.39 Å². The first-order valence-electron chi connectivity index (χ1n) is 5.15. The third kappa shape index (κ3) is 3.37. The maximum Gasteiger partial charge on any atom is 0.303 e. The molecule has 1 aliphatic heterocycles. The molecular weight excluding hydrogens is 235 g/mol. The molecule has 0 radical (unpaired) electrons. The first-order chi connectivity index (χ1) is 7.82. The van der Waals surface area contributed by atoms with Gasteiger partial charge in [0.1, 0.15) is 0 Å². The molecule has 0 bridgehead atoms. The molecule has 0 aromatic heterocycles. The minimum absolute atomic E-state index is 0.647. The van der Waals surface area contributed by atoms with Crippen LogP contribution in [0.4, 0.5) is 4.39 Å². The van der Waals surface area contributed by atoms with Crippen molar-refractivity contribution in [2.24, 2.45) is 0 Å². The van der Waals surface area contributed by atoms with Crippen LogP contribution < -0.4 is 0 Å². The molecule has 0 aromatic rings. The van der Waals surface area contributed by atoms with Gasteiger partial charge < -0.3 is 19.3 Å². The highest BCUT2D eigenvalue weighted by atomic mass is 19.1. The molecule has 6 nitrogen and oxygen atoms in total. The van der Waals surface area contributed by atoms with Crippen LogP contribution in [0.3, 0.4) is 0 Å². The van der Waals surface area contributed by atoms with Crippen molar-refractivity contribution in [3.8, 4) is 0 Å². The second kappa shape index (κ2) is 5.42. The third-order valence-corrected chi connectivity index (χ3v) is 2.33. The number of aliphatic hydroxyl groups excluding tert-OH is 1. The summed E-state index contributed by atoms with van der Waals surface area (Å²) < 4.78 is 28.0. The first-order valence-corrected chi connectivity index (χ1v) is 5.15. The Hall–Kier alpha value is -1.21. The summed E-state index contributed by atoms with van der Waals surface area (Å²) in [5, 5.41) is 9.25. The number of carbonyl (C=O) groups excluding carboxylic acids is 2. The summed E-state index contributed by atoms with van der Waals surface area (Å²) >= 11 is 0. The first kappa shape index (κ1) is 13.9. The van der Waals surface area contributed by atoms with Crippen LogP contribution in [0.5, 0.6) is 0 Å². The standard InChI is InChI=1S/C10H15FO6/c1-4-8(16-5(2)12)9(17-6(3)13)7(11)10(14)15-4/h4,7-10,14H,1-3H3/t4-,7-,8+,9-,10-/m0/s1. The van der Waals surface area contributed by atoms with Crippen LogP contribution in [0, 0.1) is 0 Å². The van der Waals surface area contributed by atoms with Crippen LogP contribution in [0.25, 0.3) is 0 Å². The number of carbonyl (C=O) groups is 2. The quantitative estimate of drug-likeness (QED) is 0.690. The number of hydrogen-bond donors (Lipinski definition) is 1. The van der Waals surface area contributed by atoms with Crippen LogP contribution in [0.15, 0.2) is 0 Å². The molecule has 0 amide bonds. The summed E-state index contributed by atoms with van der Waals surface area (Å²) in [6.45, 7) is 3.74. The summed E-state index contributed by atoms with van der Waals surface area (Å²) in [7, 11) is 0. The number of halogens is 1. The molecule has 0 unspecified atom stereocenters. The lowest BCUT2D eigenvalue weighted by Crippen LogP contribution is -2.57. The van der Waals surface area contributed by atoms with Gasteiger partial charge in [-0.1, -0.05) is 0 Å². The molecule has 1 rings (SSSR count). The van der Waals surface area contributed by atoms with E-state index in [-0.39, 0.29) is 0 Å². The largest absolute Gasteiger partial charge is 0.456 e. The van der Waals surface area contributed by atoms with Crippen molar-refractivity contribution in [3.63, 3.8) is 0 Å². The molecule has 1 fully saturated rings. The van der Waals surface area contributed by atoms with Crippen molar-refractivity contribution in [1.29, 1.82) is 0 Å². The summed E-state index contributed by atoms with van der Waals surface area (Å²) in [4.78, 5) is 21.7. The third-order valence-electron chi connectivity index (χ3n) is 2.33. The van der Waals surface area contributed by atoms with Gasteiger partial charge in [-0.2, -0.15) is 0 Å². The second-order valence-corrected chi connectivity index (χ2v) is 3.82. The van der Waals surface area contributed by atoms with Crippen LogP contribution in [-0.4, -0.2) is 47.8 Å². The highest BCUT2D eigenvalue weighted by molar-refractivity contribution is 5.67. The molecular formula is C10H15FO6. The lowest BCUT2D eigenvalue weighted by molar-refractivity contribution is -0.269. The van der Waals surface area contributed by atoms with Crippen molar-refractivity contribution >= 4 is 11.9 Å². The van der Waals surface area contributed by atoms with E-state index in [1.54, 1.807) is 0 Å². The molecule has 1 heterocycles. The Morgan fingerprint density at radius 1 is 1.18 bits per heavy atom. The van der Waals surface area contributed by atoms with Crippen LogP contribution in [-0.2, 0) is 23.8 Å². The van der Waals surface area contributed by atoms with E-state index in [1.165, 1.54) is 6.92 Å². The smallest absolute Gasteiger partial charge is 0.303 e. The van der Waals surface area contributed by atoms with Crippen LogP contribution in [0.1, 0.15) is 20.8 Å². The van der Waals surface area contributed by atoms with Gasteiger partial charge in [0.25, 0.3) is 0 Å². The number of rotatable bonds is 2. The Morgan fingerprint density at radius 3 is 2.12 bits per heavy atom. The number of esters is 2. The highest BCUT2D eigenvalue weighted by Crippen LogP contribution is 2.27. The maximum atomic E-state index is 13.6. The van der Waals surface area contributed by atoms with Crippen molar-refractivity contribution in [3.05, 3.63) is 0 Å². The zero-order valence-electron chi connectivity index (χ0n) is 9.75. The molecule has 17 heavy (non-hydrogen) atoms. The summed E-state index contributed by atoms with van der Waals surface area (Å²) in [5.74, 6) is -1.37. The normalized spacial score (nSPS) is 37.4. The van der Waals surface area contributed by atoms with Crippen molar-refractivity contribution < 1.29 is 33.3 Å². The van der Waals surface area contributed by atoms with E-state index in [9.17, 15) is 19.1 Å². The van der Waals surface area contributed by atoms with Crippen molar-refractivity contribution in [2.45, 2.75) is 51.5 Å². The van der Waals surface area contributed by atoms with E-state index < -0.39 is 42.7 Å². The average Bonchev–Trinajstić information content (AvgIpc) is 2.19. The zero-order valence-corrected chi connectivity index (χ0v) is 9.75.